The van der Waals surface area contributed by atoms with Crippen molar-refractivity contribution in [3.05, 3.63) is 6.92 Å². The average Bonchev–Trinajstić information content (AvgIpc) is 2.34. The predicted octanol–water partition coefficient (Wildman–Crippen LogP) is 7.23. The van der Waals surface area contributed by atoms with Gasteiger partial charge in [0.15, 0.2) is 0 Å². The van der Waals surface area contributed by atoms with E-state index in [-0.39, 0.29) is 0 Å². The number of rotatable bonds is 14. The van der Waals surface area contributed by atoms with Crippen molar-refractivity contribution in [2.45, 2.75) is 106 Å². The van der Waals surface area contributed by atoms with Crippen LogP contribution in [0.3, 0.4) is 0 Å². The van der Waals surface area contributed by atoms with Crippen LogP contribution < -0.4 is 0 Å². The molecule has 0 nitrogen and oxygen atoms in total. The number of hydrogen-bond acceptors (Lipinski definition) is 0. The van der Waals surface area contributed by atoms with Crippen LogP contribution in [0.1, 0.15) is 83.5 Å². The Kier molecular flexibility index (Phi) is 13.9. The van der Waals surface area contributed by atoms with Crippen molar-refractivity contribution >= 4 is 13.3 Å². The van der Waals surface area contributed by atoms with Crippen molar-refractivity contribution in [2.24, 2.45) is 0 Å². The van der Waals surface area contributed by atoms with Crippen LogP contribution >= 0.6 is 0 Å². The van der Waals surface area contributed by atoms with Gasteiger partial charge in [0.2, 0.25) is 0 Å². The Hall–Kier alpha value is 0.543. The van der Waals surface area contributed by atoms with Gasteiger partial charge in [-0.15, -0.1) is 0 Å². The van der Waals surface area contributed by atoms with Gasteiger partial charge >= 0.3 is 106 Å². The predicted molar refractivity (Wildman–Crippen MR) is 93.5 cm³/mol. The SMILES string of the molecule is [CH2]CCCCCCCCCCCCC[CH2][Ge]([CH3])([CH3])[CH3]. The fourth-order valence-electron chi connectivity index (χ4n) is 2.60. The zero-order valence-corrected chi connectivity index (χ0v) is 16.2. The van der Waals surface area contributed by atoms with Crippen molar-refractivity contribution in [3.63, 3.8) is 0 Å². The van der Waals surface area contributed by atoms with Gasteiger partial charge in [0.1, 0.15) is 0 Å². The molecule has 0 atom stereocenters. The third-order valence-corrected chi connectivity index (χ3v) is 7.82. The fourth-order valence-corrected chi connectivity index (χ4v) is 5.35. The summed E-state index contributed by atoms with van der Waals surface area (Å²) in [7, 11) is 0. The first-order chi connectivity index (χ1) is 9.06. The van der Waals surface area contributed by atoms with Gasteiger partial charge in [0.25, 0.3) is 0 Å². The zero-order valence-electron chi connectivity index (χ0n) is 14.1. The first kappa shape index (κ1) is 19.5. The van der Waals surface area contributed by atoms with Crippen LogP contribution in [-0.2, 0) is 0 Å². The summed E-state index contributed by atoms with van der Waals surface area (Å²) in [5, 5.41) is 1.58. The molecule has 0 aromatic carbocycles. The average molecular weight is 328 g/mol. The van der Waals surface area contributed by atoms with Crippen molar-refractivity contribution in [3.8, 4) is 0 Å². The minimum absolute atomic E-state index is 1.12. The molecular weight excluding hydrogens is 289 g/mol. The molecule has 0 unspecified atom stereocenters. The van der Waals surface area contributed by atoms with Gasteiger partial charge in [-0.2, -0.15) is 0 Å². The summed E-state index contributed by atoms with van der Waals surface area (Å²) in [4.78, 5) is 0. The first-order valence-corrected chi connectivity index (χ1v) is 16.6. The molecule has 19 heavy (non-hydrogen) atoms. The van der Waals surface area contributed by atoms with Crippen LogP contribution in [-0.4, -0.2) is 13.3 Å². The summed E-state index contributed by atoms with van der Waals surface area (Å²) in [5.41, 5.74) is 0. The quantitative estimate of drug-likeness (QED) is 0.233. The molecule has 0 aliphatic rings. The van der Waals surface area contributed by atoms with Gasteiger partial charge in [-0.25, -0.2) is 0 Å². The molecule has 0 N–H and O–H groups in total. The van der Waals surface area contributed by atoms with E-state index >= 15 is 0 Å². The van der Waals surface area contributed by atoms with Gasteiger partial charge in [-0.1, -0.05) is 19.8 Å². The molecule has 0 aliphatic heterocycles. The second-order valence-corrected chi connectivity index (χ2v) is 19.2. The van der Waals surface area contributed by atoms with Gasteiger partial charge in [-0.05, 0) is 0 Å². The van der Waals surface area contributed by atoms with Gasteiger partial charge in [0, 0.05) is 0 Å². The Morgan fingerprint density at radius 1 is 0.526 bits per heavy atom. The Balaban J connectivity index is 2.99. The fraction of sp³-hybridized carbons (Fsp3) is 0.944. The van der Waals surface area contributed by atoms with E-state index in [2.05, 4.69) is 24.2 Å². The molecule has 0 heterocycles. The van der Waals surface area contributed by atoms with Gasteiger partial charge < -0.3 is 0 Å². The van der Waals surface area contributed by atoms with Crippen LogP contribution in [0, 0.1) is 6.92 Å². The Labute approximate surface area is 126 Å². The van der Waals surface area contributed by atoms with E-state index in [9.17, 15) is 0 Å². The molecule has 1 radical (unpaired) electrons. The Bertz CT molecular complexity index is 169. The molecule has 0 saturated heterocycles. The topological polar surface area (TPSA) is 0 Å². The molecule has 0 amide bonds. The standard InChI is InChI=1S/C18H39Ge/c1-5-6-7-8-9-10-11-12-13-14-15-16-17-18-19(2,3)4/h1,5-18H2,2-4H3. The Morgan fingerprint density at radius 3 is 1.16 bits per heavy atom. The summed E-state index contributed by atoms with van der Waals surface area (Å²) in [6, 6.07) is 0. The molecule has 0 bridgehead atoms. The molecule has 0 fully saturated rings. The van der Waals surface area contributed by atoms with Crippen LogP contribution in [0.25, 0.3) is 0 Å². The second kappa shape index (κ2) is 13.5. The summed E-state index contributed by atoms with van der Waals surface area (Å²) >= 11 is -1.22. The molecule has 1 heteroatoms. The van der Waals surface area contributed by atoms with Gasteiger partial charge in [-0.3, -0.25) is 0 Å². The summed E-state index contributed by atoms with van der Waals surface area (Å²) < 4.78 is 0. The zero-order chi connectivity index (χ0) is 14.4. The van der Waals surface area contributed by atoms with E-state index < -0.39 is 13.3 Å². The first-order valence-electron chi connectivity index (χ1n) is 8.85. The van der Waals surface area contributed by atoms with Crippen molar-refractivity contribution in [1.82, 2.24) is 0 Å². The molecule has 115 valence electrons. The van der Waals surface area contributed by atoms with Crippen LogP contribution in [0.2, 0.25) is 22.5 Å². The third-order valence-electron chi connectivity index (χ3n) is 3.93. The van der Waals surface area contributed by atoms with E-state index in [0.717, 1.165) is 6.42 Å². The molecular formula is C18H39Ge. The monoisotopic (exact) mass is 329 g/mol. The summed E-state index contributed by atoms with van der Waals surface area (Å²) in [6.07, 6.45) is 18.6. The van der Waals surface area contributed by atoms with Crippen LogP contribution in [0.5, 0.6) is 0 Å². The summed E-state index contributed by atoms with van der Waals surface area (Å²) in [6.45, 7) is 3.89. The molecule has 0 saturated carbocycles. The molecule has 0 aliphatic carbocycles. The van der Waals surface area contributed by atoms with E-state index in [1.54, 1.807) is 5.25 Å². The van der Waals surface area contributed by atoms with Gasteiger partial charge in [0.05, 0.1) is 0 Å². The van der Waals surface area contributed by atoms with Crippen molar-refractivity contribution in [2.75, 3.05) is 0 Å². The molecule has 0 spiro atoms. The normalized spacial score (nSPS) is 12.0. The maximum absolute atomic E-state index is 3.89. The van der Waals surface area contributed by atoms with Crippen LogP contribution in [0.15, 0.2) is 0 Å². The Morgan fingerprint density at radius 2 is 0.842 bits per heavy atom. The van der Waals surface area contributed by atoms with Crippen molar-refractivity contribution < 1.29 is 0 Å². The second-order valence-electron chi connectivity index (χ2n) is 7.41. The number of hydrogen-bond donors (Lipinski definition) is 0. The molecule has 0 aromatic rings. The van der Waals surface area contributed by atoms with Crippen LogP contribution in [0.4, 0.5) is 0 Å². The maximum atomic E-state index is 3.89. The molecule has 0 rings (SSSR count). The van der Waals surface area contributed by atoms with E-state index in [1.807, 2.05) is 0 Å². The molecule has 0 aromatic heterocycles. The minimum atomic E-state index is -1.22. The van der Waals surface area contributed by atoms with E-state index in [1.165, 1.54) is 77.0 Å². The van der Waals surface area contributed by atoms with E-state index in [0.29, 0.717) is 0 Å². The third kappa shape index (κ3) is 18.5. The number of unbranched alkanes of at least 4 members (excludes halogenated alkanes) is 12. The summed E-state index contributed by atoms with van der Waals surface area (Å²) in [5.74, 6) is 7.62. The van der Waals surface area contributed by atoms with Crippen molar-refractivity contribution in [1.29, 1.82) is 0 Å². The van der Waals surface area contributed by atoms with E-state index in [4.69, 9.17) is 0 Å².